The van der Waals surface area contributed by atoms with Crippen molar-refractivity contribution in [3.05, 3.63) is 36.2 Å². The van der Waals surface area contributed by atoms with Gasteiger partial charge in [-0.2, -0.15) is 4.98 Å². The van der Waals surface area contributed by atoms with Gasteiger partial charge in [0, 0.05) is 32.2 Å². The number of aromatic nitrogens is 5. The average Bonchev–Trinajstić information content (AvgIpc) is 3.32. The number of aryl methyl sites for hydroxylation is 1. The van der Waals surface area contributed by atoms with Crippen molar-refractivity contribution >= 4 is 28.0 Å². The van der Waals surface area contributed by atoms with Crippen molar-refractivity contribution in [1.82, 2.24) is 24.5 Å². The lowest BCUT2D eigenvalue weighted by Crippen LogP contribution is -2.39. The molecule has 6 nitrogen and oxygen atoms in total. The lowest BCUT2D eigenvalue weighted by molar-refractivity contribution is 0.0782. The zero-order valence-corrected chi connectivity index (χ0v) is 21.5. The maximum absolute atomic E-state index is 15.2. The summed E-state index contributed by atoms with van der Waals surface area (Å²) < 4.78 is 31.8. The van der Waals surface area contributed by atoms with Gasteiger partial charge in [0.05, 0.1) is 12.1 Å². The number of anilines is 1. The molecular weight excluding hydrogens is 458 g/mol. The number of nitrogens with one attached hydrogen (secondary N) is 2. The molecule has 0 aliphatic heterocycles. The van der Waals surface area contributed by atoms with Crippen molar-refractivity contribution < 1.29 is 11.6 Å². The van der Waals surface area contributed by atoms with Crippen molar-refractivity contribution in [2.75, 3.05) is 11.9 Å². The smallest absolute Gasteiger partial charge is 0.224 e. The molecular formula is C28H40F2N6. The molecule has 8 heteroatoms. The first-order chi connectivity index (χ1) is 17.5. The molecule has 6 rings (SSSR count). The van der Waals surface area contributed by atoms with E-state index in [0.29, 0.717) is 36.0 Å². The summed E-state index contributed by atoms with van der Waals surface area (Å²) in [4.78, 5) is 16.7. The zero-order chi connectivity index (χ0) is 25.3. The Morgan fingerprint density at radius 2 is 1.86 bits per heavy atom. The van der Waals surface area contributed by atoms with E-state index in [1.165, 1.54) is 25.7 Å². The molecule has 2 fully saturated rings. The summed E-state index contributed by atoms with van der Waals surface area (Å²) >= 11 is 0. The number of aromatic amines is 1. The van der Waals surface area contributed by atoms with Crippen LogP contribution in [0.3, 0.4) is 0 Å². The fourth-order valence-corrected chi connectivity index (χ4v) is 5.61. The van der Waals surface area contributed by atoms with Crippen LogP contribution >= 0.6 is 0 Å². The van der Waals surface area contributed by atoms with Crippen molar-refractivity contribution in [2.45, 2.75) is 90.3 Å². The standard InChI is InChI=1S/C26H30F2N6.C2H6.2H2/c1-16-32-23-21(27)11-17(12-22(23)34(16)18-7-4-2-3-5-8-18)19-13-29-24-20(19)14-30-25(33-24)31-15-26(28)9-6-10-26;1-2;;/h11-14,18H,2-10,15H2,1H3,(H2,29,30,31,33);1-2H3;2*1H. The van der Waals surface area contributed by atoms with Crippen LogP contribution in [0.25, 0.3) is 33.2 Å². The first-order valence-corrected chi connectivity index (χ1v) is 13.5. The Morgan fingerprint density at radius 3 is 2.56 bits per heavy atom. The third-order valence-corrected chi connectivity index (χ3v) is 7.67. The lowest BCUT2D eigenvalue weighted by Gasteiger charge is -2.33. The van der Waals surface area contributed by atoms with E-state index in [9.17, 15) is 4.39 Å². The normalized spacial score (nSPS) is 17.9. The summed E-state index contributed by atoms with van der Waals surface area (Å²) in [5.41, 5.74) is 2.39. The van der Waals surface area contributed by atoms with Crippen LogP contribution in [0.15, 0.2) is 24.5 Å². The highest BCUT2D eigenvalue weighted by atomic mass is 19.1. The molecule has 196 valence electrons. The quantitative estimate of drug-likeness (QED) is 0.272. The van der Waals surface area contributed by atoms with E-state index in [1.54, 1.807) is 12.3 Å². The number of nitrogens with zero attached hydrogens (tertiary/aromatic N) is 4. The second kappa shape index (κ2) is 10.1. The van der Waals surface area contributed by atoms with E-state index in [2.05, 4.69) is 29.8 Å². The molecule has 0 atom stereocenters. The van der Waals surface area contributed by atoms with Crippen LogP contribution in [0.2, 0.25) is 0 Å². The number of imidazole rings is 1. The van der Waals surface area contributed by atoms with Crippen LogP contribution in [-0.2, 0) is 0 Å². The Balaban J connectivity index is 0.000000978. The zero-order valence-electron chi connectivity index (χ0n) is 21.5. The Kier molecular flexibility index (Phi) is 6.95. The van der Waals surface area contributed by atoms with E-state index in [4.69, 9.17) is 0 Å². The van der Waals surface area contributed by atoms with E-state index in [-0.39, 0.29) is 15.2 Å². The lowest BCUT2D eigenvalue weighted by atomic mass is 9.82. The Morgan fingerprint density at radius 1 is 1.11 bits per heavy atom. The summed E-state index contributed by atoms with van der Waals surface area (Å²) in [5, 5.41) is 3.83. The summed E-state index contributed by atoms with van der Waals surface area (Å²) in [5.74, 6) is 0.951. The average molecular weight is 499 g/mol. The van der Waals surface area contributed by atoms with E-state index >= 15 is 4.39 Å². The minimum Gasteiger partial charge on any atom is -0.351 e. The molecule has 36 heavy (non-hydrogen) atoms. The number of benzene rings is 1. The number of halogens is 2. The molecule has 3 aromatic heterocycles. The van der Waals surface area contributed by atoms with Gasteiger partial charge < -0.3 is 14.9 Å². The molecule has 2 aliphatic rings. The number of fused-ring (bicyclic) bond motifs is 2. The minimum absolute atomic E-state index is 0. The van der Waals surface area contributed by atoms with E-state index in [0.717, 1.165) is 47.1 Å². The molecule has 0 bridgehead atoms. The van der Waals surface area contributed by atoms with Crippen LogP contribution in [0.5, 0.6) is 0 Å². The second-order valence-electron chi connectivity index (χ2n) is 10.0. The topological polar surface area (TPSA) is 71.4 Å². The largest absolute Gasteiger partial charge is 0.351 e. The third kappa shape index (κ3) is 4.58. The van der Waals surface area contributed by atoms with E-state index < -0.39 is 5.67 Å². The van der Waals surface area contributed by atoms with Crippen molar-refractivity contribution in [1.29, 1.82) is 0 Å². The van der Waals surface area contributed by atoms with Gasteiger partial charge in [0.1, 0.15) is 22.7 Å². The van der Waals surface area contributed by atoms with Crippen LogP contribution in [0, 0.1) is 12.7 Å². The number of alkyl halides is 1. The maximum atomic E-state index is 15.2. The summed E-state index contributed by atoms with van der Waals surface area (Å²) in [7, 11) is 0. The Hall–Kier alpha value is -3.03. The van der Waals surface area contributed by atoms with Crippen molar-refractivity contribution in [3.63, 3.8) is 0 Å². The van der Waals surface area contributed by atoms with Crippen LogP contribution < -0.4 is 5.32 Å². The fourth-order valence-electron chi connectivity index (χ4n) is 5.61. The van der Waals surface area contributed by atoms with Gasteiger partial charge in [-0.15, -0.1) is 0 Å². The molecule has 0 unspecified atom stereocenters. The van der Waals surface area contributed by atoms with E-state index in [1.807, 2.05) is 33.0 Å². The second-order valence-corrected chi connectivity index (χ2v) is 10.0. The molecule has 2 saturated carbocycles. The fraction of sp³-hybridized carbons (Fsp3) is 0.536. The van der Waals surface area contributed by atoms with Crippen LogP contribution in [0.4, 0.5) is 14.7 Å². The van der Waals surface area contributed by atoms with Gasteiger partial charge in [-0.05, 0) is 56.7 Å². The molecule has 0 saturated heterocycles. The molecule has 3 heterocycles. The number of H-pyrrole nitrogens is 1. The monoisotopic (exact) mass is 498 g/mol. The summed E-state index contributed by atoms with van der Waals surface area (Å²) in [6.07, 6.45) is 12.8. The number of hydrogen-bond acceptors (Lipinski definition) is 4. The predicted octanol–water partition coefficient (Wildman–Crippen LogP) is 8.14. The number of hydrogen-bond donors (Lipinski definition) is 2. The first kappa shape index (κ1) is 24.7. The maximum Gasteiger partial charge on any atom is 0.224 e. The molecule has 2 N–H and O–H groups in total. The SMILES string of the molecule is CC.Cc1nc2c(F)cc(-c3c[nH]c4nc(NCC5(F)CCC5)ncc34)cc2n1C1CCCCCC1.[HH].[HH]. The van der Waals surface area contributed by atoms with Crippen LogP contribution in [-0.4, -0.2) is 36.7 Å². The predicted molar refractivity (Wildman–Crippen MR) is 146 cm³/mol. The van der Waals surface area contributed by atoms with Gasteiger partial charge in [0.25, 0.3) is 0 Å². The van der Waals surface area contributed by atoms with Crippen LogP contribution in [0.1, 0.15) is 86.4 Å². The van der Waals surface area contributed by atoms with Gasteiger partial charge in [-0.25, -0.2) is 18.7 Å². The van der Waals surface area contributed by atoms with Gasteiger partial charge in [-0.3, -0.25) is 0 Å². The van der Waals surface area contributed by atoms with Crippen molar-refractivity contribution in [2.24, 2.45) is 0 Å². The van der Waals surface area contributed by atoms with Crippen molar-refractivity contribution in [3.8, 4) is 11.1 Å². The highest BCUT2D eigenvalue weighted by Crippen LogP contribution is 2.37. The van der Waals surface area contributed by atoms with Gasteiger partial charge in [0.15, 0.2) is 5.82 Å². The Bertz CT molecular complexity index is 1360. The van der Waals surface area contributed by atoms with Gasteiger partial charge >= 0.3 is 0 Å². The summed E-state index contributed by atoms with van der Waals surface area (Å²) in [6.45, 7) is 6.20. The highest BCUT2D eigenvalue weighted by Gasteiger charge is 2.36. The molecule has 0 radical (unpaired) electrons. The molecule has 0 amide bonds. The highest BCUT2D eigenvalue weighted by molar-refractivity contribution is 5.96. The molecule has 2 aliphatic carbocycles. The molecule has 1 aromatic carbocycles. The van der Waals surface area contributed by atoms with Gasteiger partial charge in [-0.1, -0.05) is 39.5 Å². The minimum atomic E-state index is -1.15. The Labute approximate surface area is 213 Å². The third-order valence-electron chi connectivity index (χ3n) is 7.67. The first-order valence-electron chi connectivity index (χ1n) is 13.5. The van der Waals surface area contributed by atoms with Gasteiger partial charge in [0.2, 0.25) is 5.95 Å². The number of rotatable bonds is 5. The molecule has 0 spiro atoms. The molecule has 4 aromatic rings. The summed E-state index contributed by atoms with van der Waals surface area (Å²) in [6, 6.07) is 3.95.